The minimum atomic E-state index is 0.0897. The Morgan fingerprint density at radius 2 is 1.62 bits per heavy atom. The number of carbonyl (C=O) groups excluding carboxylic acids is 1. The molecule has 2 aliphatic heterocycles. The van der Waals surface area contributed by atoms with Gasteiger partial charge >= 0.3 is 0 Å². The molecule has 0 atom stereocenters. The van der Waals surface area contributed by atoms with E-state index in [4.69, 9.17) is 5.10 Å². The van der Waals surface area contributed by atoms with Gasteiger partial charge in [-0.1, -0.05) is 48.5 Å². The molecule has 2 aromatic carbocycles. The summed E-state index contributed by atoms with van der Waals surface area (Å²) in [6, 6.07) is 20.0. The van der Waals surface area contributed by atoms with Crippen LogP contribution in [0.5, 0.6) is 0 Å². The highest BCUT2D eigenvalue weighted by Gasteiger charge is 2.38. The van der Waals surface area contributed by atoms with Gasteiger partial charge in [0.05, 0.1) is 11.3 Å². The van der Waals surface area contributed by atoms with Crippen molar-refractivity contribution in [2.45, 2.75) is 19.3 Å². The Morgan fingerprint density at radius 1 is 0.931 bits per heavy atom. The van der Waals surface area contributed by atoms with Crippen molar-refractivity contribution >= 4 is 5.91 Å². The van der Waals surface area contributed by atoms with Crippen molar-refractivity contribution in [1.29, 1.82) is 0 Å². The summed E-state index contributed by atoms with van der Waals surface area (Å²) in [4.78, 5) is 15.5. The van der Waals surface area contributed by atoms with Crippen molar-refractivity contribution in [2.75, 3.05) is 26.2 Å². The van der Waals surface area contributed by atoms with Gasteiger partial charge in [-0.2, -0.15) is 5.10 Å². The smallest absolute Gasteiger partial charge is 0.257 e. The number of nitrogens with zero attached hydrogens (tertiary/aromatic N) is 3. The lowest BCUT2D eigenvalue weighted by Gasteiger charge is -2.38. The van der Waals surface area contributed by atoms with Crippen LogP contribution in [0.4, 0.5) is 0 Å². The predicted octanol–water partition coefficient (Wildman–Crippen LogP) is 3.76. The average molecular weight is 386 g/mol. The minimum Gasteiger partial charge on any atom is -0.338 e. The third kappa shape index (κ3) is 3.47. The fourth-order valence-corrected chi connectivity index (χ4v) is 4.63. The van der Waals surface area contributed by atoms with E-state index in [-0.39, 0.29) is 5.91 Å². The highest BCUT2D eigenvalue weighted by Crippen LogP contribution is 2.37. The molecule has 2 aliphatic rings. The maximum atomic E-state index is 13.5. The van der Waals surface area contributed by atoms with E-state index in [2.05, 4.69) is 5.32 Å². The van der Waals surface area contributed by atoms with E-state index in [9.17, 15) is 4.79 Å². The number of likely N-dealkylation sites (tertiary alicyclic amines) is 1. The quantitative estimate of drug-likeness (QED) is 0.746. The molecule has 2 fully saturated rings. The molecule has 3 aromatic rings. The first-order valence-corrected chi connectivity index (χ1v) is 10.4. The number of aromatic nitrogens is 2. The van der Waals surface area contributed by atoms with E-state index in [1.807, 2.05) is 76.4 Å². The van der Waals surface area contributed by atoms with Gasteiger partial charge in [0.2, 0.25) is 0 Å². The van der Waals surface area contributed by atoms with Gasteiger partial charge in [0.25, 0.3) is 5.91 Å². The van der Waals surface area contributed by atoms with Gasteiger partial charge in [0, 0.05) is 31.4 Å². The summed E-state index contributed by atoms with van der Waals surface area (Å²) >= 11 is 0. The second-order valence-electron chi connectivity index (χ2n) is 8.26. The molecule has 2 saturated heterocycles. The maximum absolute atomic E-state index is 13.5. The van der Waals surface area contributed by atoms with E-state index in [1.54, 1.807) is 0 Å². The molecule has 3 heterocycles. The van der Waals surface area contributed by atoms with Crippen molar-refractivity contribution in [1.82, 2.24) is 20.0 Å². The molecule has 148 valence electrons. The Kier molecular flexibility index (Phi) is 4.68. The largest absolute Gasteiger partial charge is 0.338 e. The van der Waals surface area contributed by atoms with Crippen molar-refractivity contribution in [3.05, 3.63) is 72.4 Å². The van der Waals surface area contributed by atoms with Crippen LogP contribution in [0.25, 0.3) is 16.9 Å². The van der Waals surface area contributed by atoms with Crippen LogP contribution in [0.15, 0.2) is 66.9 Å². The lowest BCUT2D eigenvalue weighted by molar-refractivity contribution is 0.0608. The molecule has 1 aromatic heterocycles. The molecule has 0 saturated carbocycles. The molecule has 0 radical (unpaired) electrons. The van der Waals surface area contributed by atoms with Gasteiger partial charge in [-0.25, -0.2) is 4.68 Å². The van der Waals surface area contributed by atoms with E-state index < -0.39 is 0 Å². The number of hydrogen-bond acceptors (Lipinski definition) is 3. The van der Waals surface area contributed by atoms with Gasteiger partial charge in [-0.05, 0) is 43.4 Å². The molecule has 1 amide bonds. The van der Waals surface area contributed by atoms with Crippen LogP contribution in [0.1, 0.15) is 29.6 Å². The third-order valence-electron chi connectivity index (χ3n) is 6.46. The summed E-state index contributed by atoms with van der Waals surface area (Å²) in [5, 5.41) is 8.29. The van der Waals surface area contributed by atoms with Crippen LogP contribution in [0, 0.1) is 5.41 Å². The number of para-hydroxylation sites is 1. The van der Waals surface area contributed by atoms with Crippen LogP contribution < -0.4 is 5.32 Å². The lowest BCUT2D eigenvalue weighted by atomic mass is 9.78. The zero-order chi connectivity index (χ0) is 19.7. The van der Waals surface area contributed by atoms with E-state index in [0.717, 1.165) is 56.0 Å². The third-order valence-corrected chi connectivity index (χ3v) is 6.46. The predicted molar refractivity (Wildman–Crippen MR) is 114 cm³/mol. The highest BCUT2D eigenvalue weighted by atomic mass is 16.2. The topological polar surface area (TPSA) is 50.2 Å². The van der Waals surface area contributed by atoms with Crippen LogP contribution in [0.2, 0.25) is 0 Å². The van der Waals surface area contributed by atoms with Gasteiger partial charge < -0.3 is 10.2 Å². The number of amides is 1. The number of benzene rings is 2. The van der Waals surface area contributed by atoms with Crippen LogP contribution in [-0.2, 0) is 0 Å². The van der Waals surface area contributed by atoms with Crippen LogP contribution >= 0.6 is 0 Å². The summed E-state index contributed by atoms with van der Waals surface area (Å²) in [6.07, 6.45) is 5.29. The van der Waals surface area contributed by atoms with Gasteiger partial charge in [0.15, 0.2) is 0 Å². The van der Waals surface area contributed by atoms with Crippen LogP contribution in [0.3, 0.4) is 0 Å². The van der Waals surface area contributed by atoms with E-state index in [0.29, 0.717) is 11.0 Å². The highest BCUT2D eigenvalue weighted by molar-refractivity contribution is 6.00. The standard InChI is InChI=1S/C24H26N4O/c29-23(27-15-12-24(13-16-27)11-14-25-18-24)21-17-28(20-9-5-2-6-10-20)26-22(21)19-7-3-1-4-8-19/h1-10,17,25H,11-16,18H2. The molecule has 0 unspecified atom stereocenters. The molecular weight excluding hydrogens is 360 g/mol. The Bertz CT molecular complexity index is 980. The lowest BCUT2D eigenvalue weighted by Crippen LogP contribution is -2.44. The van der Waals surface area contributed by atoms with E-state index in [1.165, 1.54) is 6.42 Å². The second kappa shape index (κ2) is 7.48. The summed E-state index contributed by atoms with van der Waals surface area (Å²) in [5.74, 6) is 0.0897. The molecular formula is C24H26N4O. The molecule has 5 rings (SSSR count). The molecule has 29 heavy (non-hydrogen) atoms. The second-order valence-corrected chi connectivity index (χ2v) is 8.26. The Labute approximate surface area is 171 Å². The van der Waals surface area contributed by atoms with Gasteiger partial charge in [-0.3, -0.25) is 4.79 Å². The first-order chi connectivity index (χ1) is 14.2. The summed E-state index contributed by atoms with van der Waals surface area (Å²) in [5.41, 5.74) is 3.76. The van der Waals surface area contributed by atoms with Crippen LogP contribution in [-0.4, -0.2) is 46.8 Å². The Balaban J connectivity index is 1.47. The average Bonchev–Trinajstić information content (AvgIpc) is 3.43. The zero-order valence-electron chi connectivity index (χ0n) is 16.6. The first kappa shape index (κ1) is 18.1. The van der Waals surface area contributed by atoms with Crippen molar-refractivity contribution in [3.63, 3.8) is 0 Å². The molecule has 0 aliphatic carbocycles. The Hall–Kier alpha value is -2.92. The Morgan fingerprint density at radius 3 is 2.28 bits per heavy atom. The van der Waals surface area contributed by atoms with Gasteiger partial charge in [-0.15, -0.1) is 0 Å². The molecule has 1 N–H and O–H groups in total. The SMILES string of the molecule is O=C(c1cn(-c2ccccc2)nc1-c1ccccc1)N1CCC2(CCNC2)CC1. The monoisotopic (exact) mass is 386 g/mol. The summed E-state index contributed by atoms with van der Waals surface area (Å²) < 4.78 is 1.82. The fourth-order valence-electron chi connectivity index (χ4n) is 4.63. The molecule has 5 nitrogen and oxygen atoms in total. The number of carbonyl (C=O) groups is 1. The summed E-state index contributed by atoms with van der Waals surface area (Å²) in [6.45, 7) is 3.85. The first-order valence-electron chi connectivity index (χ1n) is 10.4. The van der Waals surface area contributed by atoms with Crippen molar-refractivity contribution in [2.24, 2.45) is 5.41 Å². The van der Waals surface area contributed by atoms with Crippen molar-refractivity contribution < 1.29 is 4.79 Å². The van der Waals surface area contributed by atoms with Crippen molar-refractivity contribution in [3.8, 4) is 16.9 Å². The number of rotatable bonds is 3. The molecule has 1 spiro atoms. The van der Waals surface area contributed by atoms with E-state index >= 15 is 0 Å². The van der Waals surface area contributed by atoms with Gasteiger partial charge in [0.1, 0.15) is 5.69 Å². The normalized spacial score (nSPS) is 18.3. The number of piperidine rings is 1. The molecule has 5 heteroatoms. The molecule has 0 bridgehead atoms. The maximum Gasteiger partial charge on any atom is 0.257 e. The zero-order valence-corrected chi connectivity index (χ0v) is 16.6. The number of hydrogen-bond donors (Lipinski definition) is 1. The number of nitrogens with one attached hydrogen (secondary N) is 1. The minimum absolute atomic E-state index is 0.0897. The summed E-state index contributed by atoms with van der Waals surface area (Å²) in [7, 11) is 0. The fraction of sp³-hybridized carbons (Fsp3) is 0.333.